The molecule has 0 aliphatic carbocycles. The van der Waals surface area contributed by atoms with Crippen LogP contribution in [0, 0.1) is 5.92 Å². The Hall–Kier alpha value is -2.30. The van der Waals surface area contributed by atoms with Gasteiger partial charge in [-0.05, 0) is 18.8 Å². The molecule has 2 aromatic heterocycles. The molecule has 0 bridgehead atoms. The number of fused-ring (bicyclic) bond motifs is 1. The van der Waals surface area contributed by atoms with Crippen LogP contribution in [0.4, 0.5) is 0 Å². The van der Waals surface area contributed by atoms with Crippen molar-refractivity contribution >= 4 is 17.1 Å². The third-order valence-corrected chi connectivity index (χ3v) is 3.97. The molecule has 138 valence electrons. The van der Waals surface area contributed by atoms with Crippen molar-refractivity contribution in [2.45, 2.75) is 45.1 Å². The molecule has 0 unspecified atom stereocenters. The van der Waals surface area contributed by atoms with Crippen molar-refractivity contribution in [3.8, 4) is 0 Å². The molecule has 0 amide bonds. The molecule has 3 heterocycles. The summed E-state index contributed by atoms with van der Waals surface area (Å²) in [6.45, 7) is 3.56. The number of rotatable bonds is 4. The van der Waals surface area contributed by atoms with Crippen molar-refractivity contribution in [2.24, 2.45) is 11.7 Å². The van der Waals surface area contributed by atoms with Gasteiger partial charge in [0.05, 0.1) is 25.4 Å². The number of aliphatic hydroxyl groups is 1. The van der Waals surface area contributed by atoms with E-state index in [4.69, 9.17) is 20.7 Å². The molecule has 1 aliphatic heterocycles. The minimum absolute atomic E-state index is 0.0111. The van der Waals surface area contributed by atoms with Gasteiger partial charge in [-0.15, -0.1) is 0 Å². The molecule has 3 atom stereocenters. The first-order valence-corrected chi connectivity index (χ1v) is 8.00. The Labute approximate surface area is 143 Å². The topological polar surface area (TPSA) is 156 Å². The van der Waals surface area contributed by atoms with Gasteiger partial charge in [0, 0.05) is 0 Å². The van der Waals surface area contributed by atoms with Crippen LogP contribution >= 0.6 is 0 Å². The van der Waals surface area contributed by atoms with Crippen molar-refractivity contribution in [1.82, 2.24) is 19.5 Å². The fraction of sp³-hybridized carbons (Fsp3) is 0.600. The summed E-state index contributed by atoms with van der Waals surface area (Å²) >= 11 is 0. The Balaban J connectivity index is 0.000000242. The average Bonchev–Trinajstić information content (AvgIpc) is 3.21. The summed E-state index contributed by atoms with van der Waals surface area (Å²) in [5.41, 5.74) is 5.72. The SMILES string of the molecule is CC(C)[C@H](N)C(=O)O.O=c1[nH]cnc2c1ncn2[C@H]1CC[C@@H](CO)O1. The number of aliphatic carboxylic acids is 1. The van der Waals surface area contributed by atoms with E-state index >= 15 is 0 Å². The zero-order valence-corrected chi connectivity index (χ0v) is 14.1. The number of imidazole rings is 1. The lowest BCUT2D eigenvalue weighted by atomic mass is 10.1. The van der Waals surface area contributed by atoms with Gasteiger partial charge >= 0.3 is 5.97 Å². The van der Waals surface area contributed by atoms with Gasteiger partial charge in [-0.25, -0.2) is 9.97 Å². The first-order chi connectivity index (χ1) is 11.8. The van der Waals surface area contributed by atoms with Crippen LogP contribution in [0.25, 0.3) is 11.2 Å². The highest BCUT2D eigenvalue weighted by atomic mass is 16.5. The van der Waals surface area contributed by atoms with Crippen LogP contribution in [0.1, 0.15) is 32.9 Å². The van der Waals surface area contributed by atoms with Crippen molar-refractivity contribution in [3.05, 3.63) is 23.0 Å². The fourth-order valence-corrected chi connectivity index (χ4v) is 2.38. The predicted octanol–water partition coefficient (Wildman–Crippen LogP) is -0.156. The molecule has 2 aromatic rings. The Kier molecular flexibility index (Phi) is 6.23. The number of carboxylic acid groups (broad SMARTS) is 1. The molecule has 0 radical (unpaired) electrons. The lowest BCUT2D eigenvalue weighted by molar-refractivity contribution is -0.139. The summed E-state index contributed by atoms with van der Waals surface area (Å²) in [5.74, 6) is -0.910. The summed E-state index contributed by atoms with van der Waals surface area (Å²) in [4.78, 5) is 32.1. The Morgan fingerprint density at radius 3 is 2.72 bits per heavy atom. The van der Waals surface area contributed by atoms with Crippen LogP contribution in [-0.4, -0.2) is 54.5 Å². The number of aliphatic hydroxyl groups excluding tert-OH is 1. The minimum atomic E-state index is -0.931. The van der Waals surface area contributed by atoms with E-state index in [0.29, 0.717) is 11.2 Å². The molecule has 10 nitrogen and oxygen atoms in total. The van der Waals surface area contributed by atoms with Crippen molar-refractivity contribution in [2.75, 3.05) is 6.61 Å². The van der Waals surface area contributed by atoms with E-state index in [1.165, 1.54) is 6.33 Å². The molecule has 25 heavy (non-hydrogen) atoms. The summed E-state index contributed by atoms with van der Waals surface area (Å²) in [5, 5.41) is 17.2. The van der Waals surface area contributed by atoms with Crippen molar-refractivity contribution in [3.63, 3.8) is 0 Å². The minimum Gasteiger partial charge on any atom is -0.480 e. The van der Waals surface area contributed by atoms with Crippen molar-refractivity contribution in [1.29, 1.82) is 0 Å². The number of H-pyrrole nitrogens is 1. The normalized spacial score (nSPS) is 21.2. The van der Waals surface area contributed by atoms with E-state index in [2.05, 4.69) is 15.0 Å². The summed E-state index contributed by atoms with van der Waals surface area (Å²) < 4.78 is 7.36. The molecule has 0 spiro atoms. The standard InChI is InChI=1S/C10H12N4O3.C5H11NO2/c15-3-6-1-2-7(17-6)14-5-13-8-9(14)11-4-12-10(8)16;1-3(2)4(6)5(7)8/h4-7,15H,1-3H2,(H,11,12,16);3-4H,6H2,1-2H3,(H,7,8)/t6-,7+;4-/m00/s1. The highest BCUT2D eigenvalue weighted by molar-refractivity contribution is 5.73. The molecule has 3 rings (SSSR count). The lowest BCUT2D eigenvalue weighted by Gasteiger charge is -2.13. The maximum Gasteiger partial charge on any atom is 0.320 e. The first kappa shape index (κ1) is 19.0. The largest absolute Gasteiger partial charge is 0.480 e. The van der Waals surface area contributed by atoms with Crippen LogP contribution < -0.4 is 11.3 Å². The van der Waals surface area contributed by atoms with Crippen molar-refractivity contribution < 1.29 is 19.7 Å². The number of aromatic nitrogens is 4. The van der Waals surface area contributed by atoms with Gasteiger partial charge in [0.15, 0.2) is 11.2 Å². The van der Waals surface area contributed by atoms with Gasteiger partial charge in [0.25, 0.3) is 5.56 Å². The number of carbonyl (C=O) groups is 1. The summed E-state index contributed by atoms with van der Waals surface area (Å²) in [7, 11) is 0. The quantitative estimate of drug-likeness (QED) is 0.591. The number of nitrogens with two attached hydrogens (primary N) is 1. The van der Waals surface area contributed by atoms with E-state index in [1.54, 1.807) is 24.7 Å². The van der Waals surface area contributed by atoms with Gasteiger partial charge in [-0.1, -0.05) is 13.8 Å². The van der Waals surface area contributed by atoms with Gasteiger partial charge in [0.1, 0.15) is 12.3 Å². The van der Waals surface area contributed by atoms with Gasteiger partial charge < -0.3 is 25.7 Å². The molecular weight excluding hydrogens is 330 g/mol. The zero-order chi connectivity index (χ0) is 18.6. The van der Waals surface area contributed by atoms with Gasteiger partial charge in [-0.2, -0.15) is 0 Å². The van der Waals surface area contributed by atoms with Gasteiger partial charge in [-0.3, -0.25) is 14.2 Å². The number of ether oxygens (including phenoxy) is 1. The number of nitrogens with one attached hydrogen (secondary N) is 1. The highest BCUT2D eigenvalue weighted by Crippen LogP contribution is 2.29. The molecule has 0 saturated carbocycles. The number of aromatic amines is 1. The van der Waals surface area contributed by atoms with E-state index in [-0.39, 0.29) is 30.4 Å². The fourth-order valence-electron chi connectivity index (χ4n) is 2.38. The van der Waals surface area contributed by atoms with E-state index in [9.17, 15) is 9.59 Å². The number of nitrogens with zero attached hydrogens (tertiary/aromatic N) is 3. The second-order valence-electron chi connectivity index (χ2n) is 6.14. The molecule has 1 saturated heterocycles. The van der Waals surface area contributed by atoms with Crippen LogP contribution in [0.15, 0.2) is 17.4 Å². The molecule has 1 fully saturated rings. The number of hydrogen-bond donors (Lipinski definition) is 4. The zero-order valence-electron chi connectivity index (χ0n) is 14.1. The Morgan fingerprint density at radius 2 is 2.20 bits per heavy atom. The first-order valence-electron chi connectivity index (χ1n) is 8.00. The van der Waals surface area contributed by atoms with Crippen LogP contribution in [0.3, 0.4) is 0 Å². The Bertz CT molecular complexity index is 771. The van der Waals surface area contributed by atoms with E-state index < -0.39 is 12.0 Å². The van der Waals surface area contributed by atoms with Crippen LogP contribution in [0.5, 0.6) is 0 Å². The summed E-state index contributed by atoms with van der Waals surface area (Å²) in [6.07, 6.45) is 4.14. The number of hydrogen-bond acceptors (Lipinski definition) is 7. The lowest BCUT2D eigenvalue weighted by Crippen LogP contribution is -2.34. The smallest absolute Gasteiger partial charge is 0.320 e. The molecule has 0 aromatic carbocycles. The summed E-state index contributed by atoms with van der Waals surface area (Å²) in [6, 6.07) is -0.713. The number of carboxylic acids is 1. The van der Waals surface area contributed by atoms with E-state index in [0.717, 1.165) is 12.8 Å². The third-order valence-electron chi connectivity index (χ3n) is 3.97. The average molecular weight is 353 g/mol. The Morgan fingerprint density at radius 1 is 1.48 bits per heavy atom. The molecule has 1 aliphatic rings. The second kappa shape index (κ2) is 8.19. The van der Waals surface area contributed by atoms with Crippen LogP contribution in [-0.2, 0) is 9.53 Å². The monoisotopic (exact) mass is 353 g/mol. The maximum absolute atomic E-state index is 11.5. The van der Waals surface area contributed by atoms with Crippen LogP contribution in [0.2, 0.25) is 0 Å². The third kappa shape index (κ3) is 4.41. The highest BCUT2D eigenvalue weighted by Gasteiger charge is 2.27. The predicted molar refractivity (Wildman–Crippen MR) is 88.8 cm³/mol. The second-order valence-corrected chi connectivity index (χ2v) is 6.14. The maximum atomic E-state index is 11.5. The molecule has 5 N–H and O–H groups in total. The molecule has 10 heteroatoms. The van der Waals surface area contributed by atoms with Gasteiger partial charge in [0.2, 0.25) is 0 Å². The molecular formula is C15H23N5O5. The van der Waals surface area contributed by atoms with E-state index in [1.807, 2.05) is 0 Å².